The smallest absolute Gasteiger partial charge is 0.423 e. The molecule has 0 spiro atoms. The number of hydrogen-bond donors (Lipinski definition) is 2. The molecule has 0 fully saturated rings. The second-order valence-electron chi connectivity index (χ2n) is 2.54. The van der Waals surface area contributed by atoms with Gasteiger partial charge in [-0.05, 0) is 17.6 Å². The van der Waals surface area contributed by atoms with E-state index in [4.69, 9.17) is 10.0 Å². The van der Waals surface area contributed by atoms with E-state index in [0.29, 0.717) is 5.46 Å². The zero-order valence-corrected chi connectivity index (χ0v) is 8.00. The van der Waals surface area contributed by atoms with Gasteiger partial charge in [0.2, 0.25) is 0 Å². The highest BCUT2D eigenvalue weighted by molar-refractivity contribution is 7.99. The molecule has 0 unspecified atom stereocenters. The zero-order chi connectivity index (χ0) is 9.68. The van der Waals surface area contributed by atoms with Gasteiger partial charge in [0, 0.05) is 10.6 Å². The third-order valence-electron chi connectivity index (χ3n) is 1.55. The van der Waals surface area contributed by atoms with E-state index >= 15 is 0 Å². The Kier molecular flexibility index (Phi) is 4.08. The Morgan fingerprint density at radius 1 is 1.31 bits per heavy atom. The van der Waals surface area contributed by atoms with Gasteiger partial charge in [0.15, 0.2) is 0 Å². The highest BCUT2D eigenvalue weighted by Crippen LogP contribution is 2.15. The predicted octanol–water partition coefficient (Wildman–Crippen LogP) is 0.644. The van der Waals surface area contributed by atoms with Crippen LogP contribution in [0, 0.1) is 0 Å². The lowest BCUT2D eigenvalue weighted by atomic mass is 9.81. The molecule has 68 valence electrons. The van der Waals surface area contributed by atoms with Gasteiger partial charge < -0.3 is 10.0 Å². The van der Waals surface area contributed by atoms with Crippen molar-refractivity contribution in [2.45, 2.75) is 4.90 Å². The number of rotatable bonds is 4. The summed E-state index contributed by atoms with van der Waals surface area (Å²) < 4.78 is 0. The summed E-state index contributed by atoms with van der Waals surface area (Å²) in [5, 5.41) is 17.6. The van der Waals surface area contributed by atoms with Gasteiger partial charge in [-0.15, -0.1) is 18.3 Å². The Bertz CT molecular complexity index is 271. The van der Waals surface area contributed by atoms with Crippen LogP contribution >= 0.6 is 11.8 Å². The lowest BCUT2D eigenvalue weighted by Gasteiger charge is -2.01. The molecule has 0 radical (unpaired) electrons. The SMILES string of the molecule is C=CCSc1ccc(B(O)O)cc1. The molecule has 2 nitrogen and oxygen atoms in total. The van der Waals surface area contributed by atoms with Gasteiger partial charge in [-0.25, -0.2) is 0 Å². The maximum absolute atomic E-state index is 8.82. The van der Waals surface area contributed by atoms with E-state index in [2.05, 4.69) is 6.58 Å². The summed E-state index contributed by atoms with van der Waals surface area (Å²) in [5.41, 5.74) is 0.517. The Morgan fingerprint density at radius 2 is 1.92 bits per heavy atom. The molecule has 0 aliphatic heterocycles. The fourth-order valence-corrected chi connectivity index (χ4v) is 1.53. The molecule has 0 aromatic heterocycles. The first-order valence-corrected chi connectivity index (χ1v) is 4.92. The fourth-order valence-electron chi connectivity index (χ4n) is 0.891. The summed E-state index contributed by atoms with van der Waals surface area (Å²) in [6.07, 6.45) is 1.83. The standard InChI is InChI=1S/C9H11BO2S/c1-2-7-13-9-5-3-8(4-6-9)10(11)12/h2-6,11-12H,1,7H2. The lowest BCUT2D eigenvalue weighted by Crippen LogP contribution is -2.29. The van der Waals surface area contributed by atoms with Crippen LogP contribution in [-0.4, -0.2) is 22.9 Å². The quantitative estimate of drug-likeness (QED) is 0.420. The lowest BCUT2D eigenvalue weighted by molar-refractivity contribution is 0.426. The van der Waals surface area contributed by atoms with Gasteiger partial charge >= 0.3 is 7.12 Å². The van der Waals surface area contributed by atoms with Crippen molar-refractivity contribution in [2.75, 3.05) is 5.75 Å². The third kappa shape index (κ3) is 3.26. The highest BCUT2D eigenvalue weighted by Gasteiger charge is 2.09. The molecule has 2 N–H and O–H groups in total. The largest absolute Gasteiger partial charge is 0.488 e. The van der Waals surface area contributed by atoms with Crippen LogP contribution in [0.4, 0.5) is 0 Å². The van der Waals surface area contributed by atoms with Crippen LogP contribution in [0.1, 0.15) is 0 Å². The zero-order valence-electron chi connectivity index (χ0n) is 7.18. The van der Waals surface area contributed by atoms with Crippen LogP contribution in [0.5, 0.6) is 0 Å². The van der Waals surface area contributed by atoms with E-state index < -0.39 is 7.12 Å². The molecule has 0 heterocycles. The van der Waals surface area contributed by atoms with Gasteiger partial charge in [0.25, 0.3) is 0 Å². The van der Waals surface area contributed by atoms with Crippen LogP contribution in [0.15, 0.2) is 41.8 Å². The number of benzene rings is 1. The average Bonchev–Trinajstić information content (AvgIpc) is 2.15. The molecule has 0 bridgehead atoms. The molecule has 13 heavy (non-hydrogen) atoms. The van der Waals surface area contributed by atoms with Crippen molar-refractivity contribution in [3.8, 4) is 0 Å². The monoisotopic (exact) mass is 194 g/mol. The van der Waals surface area contributed by atoms with E-state index in [1.165, 1.54) is 0 Å². The number of hydrogen-bond acceptors (Lipinski definition) is 3. The van der Waals surface area contributed by atoms with Crippen molar-refractivity contribution >= 4 is 24.3 Å². The molecule has 0 atom stereocenters. The Hall–Kier alpha value is -0.705. The van der Waals surface area contributed by atoms with Crippen molar-refractivity contribution in [1.82, 2.24) is 0 Å². The van der Waals surface area contributed by atoms with Gasteiger partial charge in [0.05, 0.1) is 0 Å². The molecule has 0 amide bonds. The molecule has 1 rings (SSSR count). The summed E-state index contributed by atoms with van der Waals surface area (Å²) in [6.45, 7) is 3.62. The van der Waals surface area contributed by atoms with E-state index in [1.54, 1.807) is 23.9 Å². The Balaban J connectivity index is 2.64. The minimum absolute atomic E-state index is 0.517. The predicted molar refractivity (Wildman–Crippen MR) is 57.2 cm³/mol. The molecule has 1 aromatic carbocycles. The van der Waals surface area contributed by atoms with Crippen molar-refractivity contribution in [3.63, 3.8) is 0 Å². The maximum atomic E-state index is 8.82. The van der Waals surface area contributed by atoms with E-state index in [0.717, 1.165) is 10.6 Å². The fraction of sp³-hybridized carbons (Fsp3) is 0.111. The van der Waals surface area contributed by atoms with Crippen LogP contribution in [0.3, 0.4) is 0 Å². The molecule has 0 saturated carbocycles. The van der Waals surface area contributed by atoms with Crippen molar-refractivity contribution < 1.29 is 10.0 Å². The first kappa shape index (κ1) is 10.4. The summed E-state index contributed by atoms with van der Waals surface area (Å²) in [5.74, 6) is 0.862. The summed E-state index contributed by atoms with van der Waals surface area (Å²) >= 11 is 1.66. The van der Waals surface area contributed by atoms with E-state index in [9.17, 15) is 0 Å². The molecular formula is C9H11BO2S. The van der Waals surface area contributed by atoms with Crippen LogP contribution in [0.25, 0.3) is 0 Å². The molecule has 4 heteroatoms. The first-order chi connectivity index (χ1) is 6.24. The third-order valence-corrected chi connectivity index (χ3v) is 2.55. The molecular weight excluding hydrogens is 183 g/mol. The second-order valence-corrected chi connectivity index (χ2v) is 3.64. The van der Waals surface area contributed by atoms with Gasteiger partial charge in [-0.3, -0.25) is 0 Å². The Morgan fingerprint density at radius 3 is 2.38 bits per heavy atom. The van der Waals surface area contributed by atoms with Crippen LogP contribution in [-0.2, 0) is 0 Å². The second kappa shape index (κ2) is 5.12. The minimum Gasteiger partial charge on any atom is -0.423 e. The molecule has 0 saturated heterocycles. The maximum Gasteiger partial charge on any atom is 0.488 e. The van der Waals surface area contributed by atoms with Gasteiger partial charge in [0.1, 0.15) is 0 Å². The van der Waals surface area contributed by atoms with Crippen molar-refractivity contribution in [1.29, 1.82) is 0 Å². The summed E-state index contributed by atoms with van der Waals surface area (Å²) in [7, 11) is -1.38. The molecule has 1 aromatic rings. The Labute approximate surface area is 82.4 Å². The normalized spacial score (nSPS) is 9.69. The summed E-state index contributed by atoms with van der Waals surface area (Å²) in [6, 6.07) is 7.14. The van der Waals surface area contributed by atoms with Crippen LogP contribution < -0.4 is 5.46 Å². The number of thioether (sulfide) groups is 1. The van der Waals surface area contributed by atoms with Gasteiger partial charge in [-0.2, -0.15) is 0 Å². The van der Waals surface area contributed by atoms with Gasteiger partial charge in [-0.1, -0.05) is 18.2 Å². The van der Waals surface area contributed by atoms with Crippen LogP contribution in [0.2, 0.25) is 0 Å². The molecule has 0 aliphatic rings. The van der Waals surface area contributed by atoms with E-state index in [-0.39, 0.29) is 0 Å². The van der Waals surface area contributed by atoms with Crippen molar-refractivity contribution in [3.05, 3.63) is 36.9 Å². The minimum atomic E-state index is -1.38. The average molecular weight is 194 g/mol. The summed E-state index contributed by atoms with van der Waals surface area (Å²) in [4.78, 5) is 1.10. The molecule has 0 aliphatic carbocycles. The topological polar surface area (TPSA) is 40.5 Å². The highest BCUT2D eigenvalue weighted by atomic mass is 32.2. The first-order valence-electron chi connectivity index (χ1n) is 3.94. The van der Waals surface area contributed by atoms with Crippen molar-refractivity contribution in [2.24, 2.45) is 0 Å². The van der Waals surface area contributed by atoms with E-state index in [1.807, 2.05) is 18.2 Å².